The van der Waals surface area contributed by atoms with Gasteiger partial charge in [0.15, 0.2) is 5.65 Å². The highest BCUT2D eigenvalue weighted by atomic mass is 19.4. The number of aromatic nitrogens is 3. The Kier molecular flexibility index (Phi) is 5.69. The topological polar surface area (TPSA) is 72.1 Å². The van der Waals surface area contributed by atoms with Crippen LogP contribution in [0.2, 0.25) is 0 Å². The number of hydrogen-bond acceptors (Lipinski definition) is 3. The summed E-state index contributed by atoms with van der Waals surface area (Å²) in [7, 11) is 1.86. The molecule has 2 aromatic heterocycles. The molecule has 0 aliphatic carbocycles. The van der Waals surface area contributed by atoms with Crippen molar-refractivity contribution in [2.45, 2.75) is 33.0 Å². The second kappa shape index (κ2) is 8.22. The number of nitrogens with one attached hydrogen (secondary N) is 1. The van der Waals surface area contributed by atoms with Gasteiger partial charge in [-0.25, -0.2) is 4.98 Å². The van der Waals surface area contributed by atoms with E-state index in [1.165, 1.54) is 12.1 Å². The van der Waals surface area contributed by atoms with Crippen molar-refractivity contribution in [3.8, 4) is 5.69 Å². The van der Waals surface area contributed by atoms with Gasteiger partial charge in [-0.3, -0.25) is 9.36 Å². The maximum absolute atomic E-state index is 13.0. The van der Waals surface area contributed by atoms with Gasteiger partial charge in [0.05, 0.1) is 29.2 Å². The largest absolute Gasteiger partial charge is 0.416 e. The van der Waals surface area contributed by atoms with Gasteiger partial charge in [-0.05, 0) is 55.3 Å². The molecule has 2 heterocycles. The van der Waals surface area contributed by atoms with Crippen molar-refractivity contribution >= 4 is 28.0 Å². The average molecular weight is 458 g/mol. The number of aryl methyl sites for hydroxylation is 2. The number of alkyl halides is 3. The van der Waals surface area contributed by atoms with Gasteiger partial charge >= 0.3 is 6.18 Å². The van der Waals surface area contributed by atoms with Crippen LogP contribution in [-0.2, 0) is 13.2 Å². The zero-order valence-corrected chi connectivity index (χ0v) is 18.7. The molecule has 0 bridgehead atoms. The first-order chi connectivity index (χ1) is 15.5. The number of fused-ring (bicyclic) bond motifs is 3. The van der Waals surface area contributed by atoms with Crippen molar-refractivity contribution < 1.29 is 23.1 Å². The van der Waals surface area contributed by atoms with Gasteiger partial charge < -0.3 is 15.0 Å². The molecule has 0 spiro atoms. The Labute approximate surface area is 188 Å². The minimum absolute atomic E-state index is 0.0647. The molecule has 0 radical (unpaired) electrons. The lowest BCUT2D eigenvalue weighted by Gasteiger charge is -2.20. The number of rotatable bonds is 5. The van der Waals surface area contributed by atoms with E-state index in [1.807, 2.05) is 32.4 Å². The van der Waals surface area contributed by atoms with Gasteiger partial charge in [0.1, 0.15) is 5.82 Å². The molecule has 1 amide bonds. The lowest BCUT2D eigenvalue weighted by atomic mass is 10.0. The van der Waals surface area contributed by atoms with Gasteiger partial charge in [-0.2, -0.15) is 13.2 Å². The highest BCUT2D eigenvalue weighted by Gasteiger charge is 2.30. The minimum Gasteiger partial charge on any atom is -0.394 e. The van der Waals surface area contributed by atoms with Crippen LogP contribution in [0.25, 0.3) is 27.8 Å². The maximum Gasteiger partial charge on any atom is 0.416 e. The molecule has 6 nitrogen and oxygen atoms in total. The predicted octanol–water partition coefficient (Wildman–Crippen LogP) is 4.59. The molecule has 0 saturated carbocycles. The van der Waals surface area contributed by atoms with Crippen LogP contribution in [0.3, 0.4) is 0 Å². The van der Waals surface area contributed by atoms with Crippen molar-refractivity contribution in [1.82, 2.24) is 19.4 Å². The van der Waals surface area contributed by atoms with Crippen molar-refractivity contribution in [2.75, 3.05) is 6.61 Å². The van der Waals surface area contributed by atoms with Crippen molar-refractivity contribution in [1.29, 1.82) is 0 Å². The van der Waals surface area contributed by atoms with Crippen LogP contribution in [0.1, 0.15) is 35.6 Å². The van der Waals surface area contributed by atoms with Gasteiger partial charge in [0.25, 0.3) is 5.91 Å². The Morgan fingerprint density at radius 2 is 1.82 bits per heavy atom. The fourth-order valence-electron chi connectivity index (χ4n) is 3.96. The van der Waals surface area contributed by atoms with E-state index in [4.69, 9.17) is 0 Å². The Balaban J connectivity index is 1.87. The minimum atomic E-state index is -4.42. The number of benzene rings is 2. The van der Waals surface area contributed by atoms with E-state index in [-0.39, 0.29) is 24.5 Å². The third kappa shape index (κ3) is 3.97. The van der Waals surface area contributed by atoms with E-state index in [1.54, 1.807) is 22.8 Å². The molecule has 0 fully saturated rings. The molecule has 33 heavy (non-hydrogen) atoms. The van der Waals surface area contributed by atoms with Crippen LogP contribution in [0.15, 0.2) is 42.5 Å². The fourth-order valence-corrected chi connectivity index (χ4v) is 3.96. The molecular weight excluding hydrogens is 433 g/mol. The average Bonchev–Trinajstić information content (AvgIpc) is 3.23. The maximum atomic E-state index is 13.0. The third-order valence-electron chi connectivity index (χ3n) is 6.04. The normalized spacial score (nSPS) is 13.2. The Morgan fingerprint density at radius 3 is 2.39 bits per heavy atom. The van der Waals surface area contributed by atoms with Gasteiger partial charge in [-0.15, -0.1) is 0 Å². The Hall–Kier alpha value is -3.33. The van der Waals surface area contributed by atoms with Crippen LogP contribution in [0.4, 0.5) is 13.2 Å². The van der Waals surface area contributed by atoms with E-state index in [0.717, 1.165) is 34.4 Å². The monoisotopic (exact) mass is 458 g/mol. The summed E-state index contributed by atoms with van der Waals surface area (Å²) < 4.78 is 42.8. The number of carbonyl (C=O) groups excluding carboxylic acids is 1. The third-order valence-corrected chi connectivity index (χ3v) is 6.04. The number of amides is 1. The summed E-state index contributed by atoms with van der Waals surface area (Å²) in [4.78, 5) is 17.5. The second-order valence-electron chi connectivity index (χ2n) is 8.51. The molecule has 0 aliphatic heterocycles. The molecule has 2 N–H and O–H groups in total. The molecule has 4 rings (SSSR count). The number of halogens is 3. The fraction of sp³-hybridized carbons (Fsp3) is 0.333. The highest BCUT2D eigenvalue weighted by Crippen LogP contribution is 2.34. The molecule has 4 aromatic rings. The zero-order valence-electron chi connectivity index (χ0n) is 18.7. The highest BCUT2D eigenvalue weighted by molar-refractivity contribution is 6.09. The Bertz CT molecular complexity index is 1330. The van der Waals surface area contributed by atoms with Gasteiger partial charge in [0, 0.05) is 23.7 Å². The van der Waals surface area contributed by atoms with Crippen LogP contribution >= 0.6 is 0 Å². The van der Waals surface area contributed by atoms with Crippen LogP contribution in [0.5, 0.6) is 0 Å². The smallest absolute Gasteiger partial charge is 0.394 e. The summed E-state index contributed by atoms with van der Waals surface area (Å²) >= 11 is 0. The number of carbonyl (C=O) groups is 1. The SMILES string of the molecule is Cc1nc2c(c3cc(C(=O)NC(CO)C(C)C)ccc3n2-c2ccc(C(F)(F)F)cc2)n1C. The number of nitrogens with zero attached hydrogens (tertiary/aromatic N) is 3. The van der Waals surface area contributed by atoms with Crippen LogP contribution in [0, 0.1) is 12.8 Å². The first-order valence-electron chi connectivity index (χ1n) is 10.6. The second-order valence-corrected chi connectivity index (χ2v) is 8.51. The molecule has 9 heteroatoms. The van der Waals surface area contributed by atoms with Crippen LogP contribution < -0.4 is 5.32 Å². The van der Waals surface area contributed by atoms with Crippen LogP contribution in [-0.4, -0.2) is 37.8 Å². The summed E-state index contributed by atoms with van der Waals surface area (Å²) in [6.07, 6.45) is -4.42. The predicted molar refractivity (Wildman–Crippen MR) is 120 cm³/mol. The number of imidazole rings is 1. The molecular formula is C24H25F3N4O2. The van der Waals surface area contributed by atoms with E-state index < -0.39 is 11.7 Å². The lowest BCUT2D eigenvalue weighted by Crippen LogP contribution is -2.41. The molecule has 174 valence electrons. The first kappa shape index (κ1) is 22.8. The number of hydrogen-bond donors (Lipinski definition) is 2. The number of aliphatic hydroxyl groups is 1. The molecule has 0 saturated heterocycles. The Morgan fingerprint density at radius 1 is 1.15 bits per heavy atom. The molecule has 2 aromatic carbocycles. The zero-order chi connectivity index (χ0) is 24.1. The van der Waals surface area contributed by atoms with Crippen molar-refractivity contribution in [3.05, 3.63) is 59.4 Å². The summed E-state index contributed by atoms with van der Waals surface area (Å²) in [5.41, 5.74) is 2.34. The molecule has 1 atom stereocenters. The van der Waals surface area contributed by atoms with Crippen molar-refractivity contribution in [3.63, 3.8) is 0 Å². The van der Waals surface area contributed by atoms with E-state index in [2.05, 4.69) is 10.3 Å². The van der Waals surface area contributed by atoms with Gasteiger partial charge in [-0.1, -0.05) is 13.8 Å². The molecule has 1 unspecified atom stereocenters. The summed E-state index contributed by atoms with van der Waals surface area (Å²) in [5.74, 6) is 0.492. The number of aliphatic hydroxyl groups excluding tert-OH is 1. The lowest BCUT2D eigenvalue weighted by molar-refractivity contribution is -0.137. The standard InChI is InChI=1S/C24H25F3N4O2/c1-13(2)19(12-32)29-23(33)15-5-10-20-18(11-15)21-22(28-14(3)30(21)4)31(20)17-8-6-16(7-9-17)24(25,26)27/h5-11,13,19,32H,12H2,1-4H3,(H,29,33). The molecule has 0 aliphatic rings. The quantitative estimate of drug-likeness (QED) is 0.460. The van der Waals surface area contributed by atoms with E-state index in [9.17, 15) is 23.1 Å². The van der Waals surface area contributed by atoms with E-state index >= 15 is 0 Å². The van der Waals surface area contributed by atoms with Crippen molar-refractivity contribution in [2.24, 2.45) is 13.0 Å². The summed E-state index contributed by atoms with van der Waals surface area (Å²) in [5, 5.41) is 13.1. The first-order valence-corrected chi connectivity index (χ1v) is 10.6. The summed E-state index contributed by atoms with van der Waals surface area (Å²) in [6, 6.07) is 9.74. The summed E-state index contributed by atoms with van der Waals surface area (Å²) in [6.45, 7) is 5.50. The van der Waals surface area contributed by atoms with Gasteiger partial charge in [0.2, 0.25) is 0 Å². The van der Waals surface area contributed by atoms with E-state index in [0.29, 0.717) is 16.9 Å².